The Bertz CT molecular complexity index is 1390. The highest BCUT2D eigenvalue weighted by atomic mass is 19.4. The van der Waals surface area contributed by atoms with Crippen LogP contribution in [-0.4, -0.2) is 67.4 Å². The van der Waals surface area contributed by atoms with E-state index in [1.807, 2.05) is 6.92 Å². The second kappa shape index (κ2) is 12.6. The van der Waals surface area contributed by atoms with E-state index in [0.29, 0.717) is 47.6 Å². The summed E-state index contributed by atoms with van der Waals surface area (Å²) in [6.45, 7) is 4.66. The van der Waals surface area contributed by atoms with E-state index in [-0.39, 0.29) is 12.4 Å². The molecule has 0 unspecified atom stereocenters. The maximum Gasteiger partial charge on any atom is 0.416 e. The number of alkyl halides is 3. The fourth-order valence-electron chi connectivity index (χ4n) is 4.60. The van der Waals surface area contributed by atoms with Gasteiger partial charge < -0.3 is 16.0 Å². The average Bonchev–Trinajstić information content (AvgIpc) is 3.61. The van der Waals surface area contributed by atoms with Crippen molar-refractivity contribution in [1.82, 2.24) is 10.2 Å². The maximum absolute atomic E-state index is 13.6. The van der Waals surface area contributed by atoms with Crippen LogP contribution >= 0.6 is 0 Å². The first kappa shape index (κ1) is 28.5. The van der Waals surface area contributed by atoms with Crippen molar-refractivity contribution in [3.05, 3.63) is 58.7 Å². The van der Waals surface area contributed by atoms with E-state index in [0.717, 1.165) is 56.5 Å². The number of halogens is 3. The summed E-state index contributed by atoms with van der Waals surface area (Å²) in [7, 11) is 0. The van der Waals surface area contributed by atoms with E-state index in [1.54, 1.807) is 30.5 Å². The molecule has 1 aliphatic carbocycles. The molecule has 0 spiro atoms. The number of carbonyl (C=O) groups excluding carboxylic acids is 1. The fourth-order valence-corrected chi connectivity index (χ4v) is 4.60. The molecule has 3 aliphatic rings. The van der Waals surface area contributed by atoms with E-state index < -0.39 is 17.6 Å². The Morgan fingerprint density at radius 2 is 1.95 bits per heavy atom. The predicted octanol–water partition coefficient (Wildman–Crippen LogP) is 4.89. The standard InChI is InChI=1S/C29H33F3N8O/c1-19-4-5-21(12-26(19)37-18-33-17-36-25-14-34-28(35-15-25)39-23-6-7-23)27(41)38-24-11-20(16-40-8-2-3-9-40)10-22(13-24)29(30,31)32/h4-5,10-14,17,23,37H,2-3,6-9,15-16,18H2,1H3,(H,35,39)(H,38,41)/b33-17-,36-25-. The van der Waals surface area contributed by atoms with Crippen LogP contribution < -0.4 is 16.0 Å². The zero-order chi connectivity index (χ0) is 28.8. The zero-order valence-corrected chi connectivity index (χ0v) is 22.8. The Morgan fingerprint density at radius 3 is 2.66 bits per heavy atom. The van der Waals surface area contributed by atoms with Crippen molar-refractivity contribution in [3.8, 4) is 0 Å². The van der Waals surface area contributed by atoms with Gasteiger partial charge in [0.15, 0.2) is 0 Å². The van der Waals surface area contributed by atoms with Gasteiger partial charge in [-0.15, -0.1) is 0 Å². The highest BCUT2D eigenvalue weighted by molar-refractivity contribution is 6.35. The van der Waals surface area contributed by atoms with Gasteiger partial charge >= 0.3 is 6.18 Å². The monoisotopic (exact) mass is 566 g/mol. The van der Waals surface area contributed by atoms with Crippen molar-refractivity contribution in [2.45, 2.75) is 51.4 Å². The second-order valence-electron chi connectivity index (χ2n) is 10.5. The van der Waals surface area contributed by atoms with Crippen LogP contribution in [0.4, 0.5) is 24.5 Å². The fraction of sp³-hybridized carbons (Fsp3) is 0.414. The molecule has 216 valence electrons. The Hall–Kier alpha value is -4.06. The van der Waals surface area contributed by atoms with Crippen LogP contribution in [0.25, 0.3) is 0 Å². The molecule has 1 amide bonds. The summed E-state index contributed by atoms with van der Waals surface area (Å²) < 4.78 is 40.8. The molecule has 2 aromatic carbocycles. The number of carbonyl (C=O) groups is 1. The first-order valence-corrected chi connectivity index (χ1v) is 13.7. The molecule has 0 aromatic heterocycles. The lowest BCUT2D eigenvalue weighted by Crippen LogP contribution is -2.28. The third kappa shape index (κ3) is 8.23. The summed E-state index contributed by atoms with van der Waals surface area (Å²) in [5.41, 5.74) is 2.44. The van der Waals surface area contributed by atoms with Crippen molar-refractivity contribution in [2.24, 2.45) is 20.0 Å². The lowest BCUT2D eigenvalue weighted by molar-refractivity contribution is -0.137. The highest BCUT2D eigenvalue weighted by Crippen LogP contribution is 2.33. The molecule has 3 N–H and O–H groups in total. The largest absolute Gasteiger partial charge is 0.416 e. The zero-order valence-electron chi connectivity index (χ0n) is 22.8. The molecule has 5 rings (SSSR count). The summed E-state index contributed by atoms with van der Waals surface area (Å²) in [5, 5.41) is 9.04. The minimum atomic E-state index is -4.51. The van der Waals surface area contributed by atoms with Gasteiger partial charge in [-0.3, -0.25) is 14.7 Å². The first-order valence-electron chi connectivity index (χ1n) is 13.7. The van der Waals surface area contributed by atoms with Crippen molar-refractivity contribution in [3.63, 3.8) is 0 Å². The minimum absolute atomic E-state index is 0.115. The van der Waals surface area contributed by atoms with Gasteiger partial charge in [-0.2, -0.15) is 13.2 Å². The van der Waals surface area contributed by atoms with E-state index in [2.05, 4.69) is 40.8 Å². The number of nitrogens with zero attached hydrogens (tertiary/aromatic N) is 5. The van der Waals surface area contributed by atoms with Gasteiger partial charge in [-0.25, -0.2) is 15.0 Å². The molecule has 2 heterocycles. The van der Waals surface area contributed by atoms with Crippen LogP contribution in [-0.2, 0) is 12.7 Å². The number of aliphatic imine (C=N–C) groups is 4. The molecule has 9 nitrogen and oxygen atoms in total. The lowest BCUT2D eigenvalue weighted by Gasteiger charge is -2.18. The molecule has 1 saturated heterocycles. The topological polar surface area (TPSA) is 106 Å². The van der Waals surface area contributed by atoms with Gasteiger partial charge in [-0.1, -0.05) is 6.07 Å². The summed E-state index contributed by atoms with van der Waals surface area (Å²) >= 11 is 0. The lowest BCUT2D eigenvalue weighted by atomic mass is 10.1. The second-order valence-corrected chi connectivity index (χ2v) is 10.5. The van der Waals surface area contributed by atoms with E-state index in [4.69, 9.17) is 0 Å². The Balaban J connectivity index is 1.19. The quantitative estimate of drug-likeness (QED) is 0.297. The molecule has 2 fully saturated rings. The van der Waals surface area contributed by atoms with E-state index in [1.165, 1.54) is 6.34 Å². The molecule has 1 saturated carbocycles. The van der Waals surface area contributed by atoms with Crippen molar-refractivity contribution in [1.29, 1.82) is 0 Å². The molecular weight excluding hydrogens is 533 g/mol. The van der Waals surface area contributed by atoms with E-state index in [9.17, 15) is 18.0 Å². The minimum Gasteiger partial charge on any atom is -0.366 e. The molecule has 2 aliphatic heterocycles. The summed E-state index contributed by atoms with van der Waals surface area (Å²) in [6.07, 6.45) is 2.96. The Kier molecular flexibility index (Phi) is 8.77. The van der Waals surface area contributed by atoms with Crippen molar-refractivity contribution >= 4 is 41.5 Å². The normalized spacial score (nSPS) is 18.6. The van der Waals surface area contributed by atoms with Gasteiger partial charge in [0, 0.05) is 29.5 Å². The number of likely N-dealkylation sites (tertiary alicyclic amines) is 1. The van der Waals surface area contributed by atoms with Gasteiger partial charge in [0.05, 0.1) is 24.0 Å². The number of amides is 1. The molecule has 0 radical (unpaired) electrons. The first-order chi connectivity index (χ1) is 19.7. The number of aryl methyl sites for hydroxylation is 1. The van der Waals surface area contributed by atoms with Crippen LogP contribution in [0.15, 0.2) is 56.4 Å². The number of guanidine groups is 1. The van der Waals surface area contributed by atoms with Crippen LogP contribution in [0.1, 0.15) is 52.7 Å². The summed E-state index contributed by atoms with van der Waals surface area (Å²) in [6, 6.07) is 9.30. The van der Waals surface area contributed by atoms with Crippen molar-refractivity contribution < 1.29 is 18.0 Å². The van der Waals surface area contributed by atoms with Gasteiger partial charge in [0.2, 0.25) is 5.96 Å². The molecule has 0 bridgehead atoms. The number of nitrogens with one attached hydrogen (secondary N) is 3. The molecule has 12 heteroatoms. The summed E-state index contributed by atoms with van der Waals surface area (Å²) in [5.74, 6) is 0.141. The number of benzene rings is 2. The predicted molar refractivity (Wildman–Crippen MR) is 156 cm³/mol. The number of rotatable bonds is 9. The number of hydrogen-bond acceptors (Lipinski definition) is 7. The van der Waals surface area contributed by atoms with Gasteiger partial charge in [0.1, 0.15) is 13.0 Å². The average molecular weight is 567 g/mol. The van der Waals surface area contributed by atoms with Gasteiger partial charge in [0.25, 0.3) is 5.91 Å². The van der Waals surface area contributed by atoms with Gasteiger partial charge in [-0.05, 0) is 87.2 Å². The van der Waals surface area contributed by atoms with Crippen LogP contribution in [0.5, 0.6) is 0 Å². The third-order valence-electron chi connectivity index (χ3n) is 6.99. The van der Waals surface area contributed by atoms with Crippen LogP contribution in [0, 0.1) is 6.92 Å². The maximum atomic E-state index is 13.6. The summed E-state index contributed by atoms with van der Waals surface area (Å²) in [4.78, 5) is 32.3. The SMILES string of the molecule is Cc1ccc(C(=O)Nc2cc(CN3CCCC3)cc(C(F)(F)F)c2)cc1NC/N=C\N=C1\C=NC(NC2CC2)=NC1. The number of hydrogen-bond donors (Lipinski definition) is 3. The third-order valence-corrected chi connectivity index (χ3v) is 6.99. The smallest absolute Gasteiger partial charge is 0.366 e. The Labute approximate surface area is 236 Å². The molecule has 0 atom stereocenters. The van der Waals surface area contributed by atoms with Crippen LogP contribution in [0.2, 0.25) is 0 Å². The number of anilines is 2. The molecule has 2 aromatic rings. The van der Waals surface area contributed by atoms with Crippen LogP contribution in [0.3, 0.4) is 0 Å². The van der Waals surface area contributed by atoms with E-state index >= 15 is 0 Å². The molecule has 41 heavy (non-hydrogen) atoms. The highest BCUT2D eigenvalue weighted by Gasteiger charge is 2.31. The molecular formula is C29H33F3N8O. The Morgan fingerprint density at radius 1 is 1.15 bits per heavy atom. The van der Waals surface area contributed by atoms with Crippen molar-refractivity contribution in [2.75, 3.05) is 36.9 Å².